The fourth-order valence-electron chi connectivity index (χ4n) is 4.92. The van der Waals surface area contributed by atoms with Crippen LogP contribution in [0.15, 0.2) is 66.9 Å². The number of aryl methyl sites for hydroxylation is 2. The topological polar surface area (TPSA) is 54.5 Å². The molecule has 4 rings (SSSR count). The van der Waals surface area contributed by atoms with E-state index in [1.807, 2.05) is 49.4 Å². The zero-order chi connectivity index (χ0) is 23.2. The average Bonchev–Trinajstić information content (AvgIpc) is 2.83. The molecule has 5 heteroatoms. The van der Waals surface area contributed by atoms with Gasteiger partial charge in [-0.05, 0) is 68.5 Å². The van der Waals surface area contributed by atoms with Crippen molar-refractivity contribution in [1.29, 1.82) is 0 Å². The molecule has 33 heavy (non-hydrogen) atoms. The van der Waals surface area contributed by atoms with Gasteiger partial charge in [-0.15, -0.1) is 0 Å². The van der Waals surface area contributed by atoms with Crippen molar-refractivity contribution >= 4 is 5.91 Å². The first-order valence-electron chi connectivity index (χ1n) is 11.7. The Labute approximate surface area is 196 Å². The van der Waals surface area contributed by atoms with Crippen LogP contribution in [0.5, 0.6) is 5.75 Å². The molecule has 1 fully saturated rings. The molecule has 1 aliphatic rings. The van der Waals surface area contributed by atoms with Crippen LogP contribution < -0.4 is 10.1 Å². The summed E-state index contributed by atoms with van der Waals surface area (Å²) in [7, 11) is 1.74. The highest BCUT2D eigenvalue weighted by molar-refractivity contribution is 5.95. The van der Waals surface area contributed by atoms with Crippen LogP contribution in [0.4, 0.5) is 0 Å². The molecule has 172 valence electrons. The van der Waals surface area contributed by atoms with Crippen LogP contribution in [0.1, 0.15) is 51.6 Å². The predicted molar refractivity (Wildman–Crippen MR) is 131 cm³/mol. The zero-order valence-electron chi connectivity index (χ0n) is 19.8. The smallest absolute Gasteiger partial charge is 0.252 e. The zero-order valence-corrected chi connectivity index (χ0v) is 19.8. The Bertz CT molecular complexity index is 1080. The molecule has 2 aromatic carbocycles. The van der Waals surface area contributed by atoms with Crippen molar-refractivity contribution in [2.24, 2.45) is 5.92 Å². The summed E-state index contributed by atoms with van der Waals surface area (Å²) in [5.41, 5.74) is 4.97. The van der Waals surface area contributed by atoms with Gasteiger partial charge in [0.1, 0.15) is 5.75 Å². The van der Waals surface area contributed by atoms with Gasteiger partial charge in [-0.1, -0.05) is 42.5 Å². The van der Waals surface area contributed by atoms with E-state index in [-0.39, 0.29) is 17.9 Å². The van der Waals surface area contributed by atoms with E-state index in [2.05, 4.69) is 40.3 Å². The maximum Gasteiger partial charge on any atom is 0.252 e. The second kappa shape index (κ2) is 10.6. The minimum atomic E-state index is -0.138. The van der Waals surface area contributed by atoms with E-state index in [0.717, 1.165) is 60.6 Å². The number of para-hydroxylation sites is 1. The number of carbonyl (C=O) groups is 1. The maximum atomic E-state index is 13.2. The van der Waals surface area contributed by atoms with Crippen LogP contribution in [-0.2, 0) is 6.54 Å². The maximum absolute atomic E-state index is 13.2. The third-order valence-electron chi connectivity index (χ3n) is 6.59. The molecular formula is C28H33N3O2. The number of benzene rings is 2. The van der Waals surface area contributed by atoms with Crippen LogP contribution in [0.3, 0.4) is 0 Å². The first kappa shape index (κ1) is 23.0. The van der Waals surface area contributed by atoms with Gasteiger partial charge >= 0.3 is 0 Å². The Morgan fingerprint density at radius 1 is 1.09 bits per heavy atom. The van der Waals surface area contributed by atoms with Gasteiger partial charge in [-0.3, -0.25) is 14.7 Å². The summed E-state index contributed by atoms with van der Waals surface area (Å²) in [5.74, 6) is 1.20. The largest absolute Gasteiger partial charge is 0.496 e. The van der Waals surface area contributed by atoms with Crippen molar-refractivity contribution in [3.05, 3.63) is 94.8 Å². The predicted octanol–water partition coefficient (Wildman–Crippen LogP) is 5.09. The van der Waals surface area contributed by atoms with E-state index in [1.165, 1.54) is 5.56 Å². The minimum absolute atomic E-state index is 0.0405. The number of piperidine rings is 1. The van der Waals surface area contributed by atoms with Gasteiger partial charge in [-0.25, -0.2) is 0 Å². The Balaban J connectivity index is 1.55. The van der Waals surface area contributed by atoms with Gasteiger partial charge in [0.05, 0.1) is 18.8 Å². The molecule has 3 aromatic rings. The lowest BCUT2D eigenvalue weighted by molar-refractivity contribution is 0.0874. The number of hydrogen-bond donors (Lipinski definition) is 1. The van der Waals surface area contributed by atoms with E-state index in [1.54, 1.807) is 13.3 Å². The van der Waals surface area contributed by atoms with Gasteiger partial charge in [0.25, 0.3) is 5.91 Å². The fourth-order valence-corrected chi connectivity index (χ4v) is 4.92. The number of hydrogen-bond acceptors (Lipinski definition) is 4. The molecule has 1 saturated heterocycles. The number of rotatable bonds is 7. The molecule has 0 saturated carbocycles. The van der Waals surface area contributed by atoms with E-state index < -0.39 is 0 Å². The van der Waals surface area contributed by atoms with Gasteiger partial charge < -0.3 is 10.1 Å². The lowest BCUT2D eigenvalue weighted by Crippen LogP contribution is -2.43. The first-order chi connectivity index (χ1) is 16.1. The summed E-state index contributed by atoms with van der Waals surface area (Å²) in [6.45, 7) is 6.82. The summed E-state index contributed by atoms with van der Waals surface area (Å²) in [4.78, 5) is 20.3. The molecule has 0 bridgehead atoms. The highest BCUT2D eigenvalue weighted by Gasteiger charge is 2.31. The molecule has 2 atom stereocenters. The Hall–Kier alpha value is -3.18. The van der Waals surface area contributed by atoms with Gasteiger partial charge in [0, 0.05) is 30.4 Å². The van der Waals surface area contributed by atoms with Gasteiger partial charge in [0.15, 0.2) is 0 Å². The summed E-state index contributed by atoms with van der Waals surface area (Å²) < 4.78 is 5.68. The molecule has 5 nitrogen and oxygen atoms in total. The number of nitrogens with one attached hydrogen (secondary N) is 1. The molecule has 2 heterocycles. The fraction of sp³-hybridized carbons (Fsp3) is 0.357. The van der Waals surface area contributed by atoms with E-state index in [0.29, 0.717) is 0 Å². The second-order valence-corrected chi connectivity index (χ2v) is 8.93. The highest BCUT2D eigenvalue weighted by Crippen LogP contribution is 2.32. The standard InChI is InChI=1S/C28H33N3O2/c1-20-10-4-5-14-24(20)28(32)30-26(25-15-6-7-16-29-25)22-13-9-17-31(18-22)19-23-12-8-11-21(2)27(23)33-3/h4-8,10-12,14-16,22,26H,9,13,17-19H2,1-3H3,(H,30,32)/t22-,26+/m0/s1. The number of methoxy groups -OCH3 is 1. The van der Waals surface area contributed by atoms with Crippen LogP contribution in [0.25, 0.3) is 0 Å². The SMILES string of the molecule is COc1c(C)cccc1CN1CCC[C@H]([C@@H](NC(=O)c2ccccc2C)c2ccccn2)C1. The number of pyridine rings is 1. The number of likely N-dealkylation sites (tertiary alicyclic amines) is 1. The van der Waals surface area contributed by atoms with Crippen molar-refractivity contribution in [2.75, 3.05) is 20.2 Å². The Morgan fingerprint density at radius 2 is 1.88 bits per heavy atom. The van der Waals surface area contributed by atoms with Crippen LogP contribution in [-0.4, -0.2) is 36.0 Å². The van der Waals surface area contributed by atoms with E-state index in [4.69, 9.17) is 4.74 Å². The lowest BCUT2D eigenvalue weighted by atomic mass is 9.87. The summed E-state index contributed by atoms with van der Waals surface area (Å²) in [5, 5.41) is 3.32. The van der Waals surface area contributed by atoms with Crippen molar-refractivity contribution in [2.45, 2.75) is 39.3 Å². The molecular weight excluding hydrogens is 410 g/mol. The lowest BCUT2D eigenvalue weighted by Gasteiger charge is -2.37. The molecule has 0 unspecified atom stereocenters. The number of amides is 1. The number of carbonyl (C=O) groups excluding carboxylic acids is 1. The number of ether oxygens (including phenoxy) is 1. The highest BCUT2D eigenvalue weighted by atomic mass is 16.5. The molecule has 0 spiro atoms. The van der Waals surface area contributed by atoms with Crippen molar-refractivity contribution in [3.8, 4) is 5.75 Å². The normalized spacial score (nSPS) is 17.4. The second-order valence-electron chi connectivity index (χ2n) is 8.93. The van der Waals surface area contributed by atoms with Crippen molar-refractivity contribution < 1.29 is 9.53 Å². The van der Waals surface area contributed by atoms with Crippen LogP contribution in [0.2, 0.25) is 0 Å². The molecule has 0 radical (unpaired) electrons. The van der Waals surface area contributed by atoms with Gasteiger partial charge in [-0.2, -0.15) is 0 Å². The summed E-state index contributed by atoms with van der Waals surface area (Å²) >= 11 is 0. The Morgan fingerprint density at radius 3 is 2.64 bits per heavy atom. The van der Waals surface area contributed by atoms with Crippen molar-refractivity contribution in [3.63, 3.8) is 0 Å². The minimum Gasteiger partial charge on any atom is -0.496 e. The quantitative estimate of drug-likeness (QED) is 0.553. The molecule has 1 N–H and O–H groups in total. The van der Waals surface area contributed by atoms with Crippen molar-refractivity contribution in [1.82, 2.24) is 15.2 Å². The van der Waals surface area contributed by atoms with Crippen LogP contribution in [0, 0.1) is 19.8 Å². The Kier molecular flexibility index (Phi) is 7.40. The molecule has 1 aliphatic heterocycles. The monoisotopic (exact) mass is 443 g/mol. The molecule has 0 aliphatic carbocycles. The summed E-state index contributed by atoms with van der Waals surface area (Å²) in [6, 6.07) is 19.8. The number of nitrogens with zero attached hydrogens (tertiary/aromatic N) is 2. The van der Waals surface area contributed by atoms with E-state index >= 15 is 0 Å². The molecule has 1 aromatic heterocycles. The average molecular weight is 444 g/mol. The third-order valence-corrected chi connectivity index (χ3v) is 6.59. The van der Waals surface area contributed by atoms with Crippen LogP contribution >= 0.6 is 0 Å². The first-order valence-corrected chi connectivity index (χ1v) is 11.7. The molecule has 1 amide bonds. The number of aromatic nitrogens is 1. The third kappa shape index (κ3) is 5.42. The van der Waals surface area contributed by atoms with E-state index in [9.17, 15) is 4.79 Å². The summed E-state index contributed by atoms with van der Waals surface area (Å²) in [6.07, 6.45) is 3.94. The van der Waals surface area contributed by atoms with Gasteiger partial charge in [0.2, 0.25) is 0 Å².